The summed E-state index contributed by atoms with van der Waals surface area (Å²) in [5, 5.41) is 6.73. The van der Waals surface area contributed by atoms with Crippen molar-refractivity contribution in [3.63, 3.8) is 0 Å². The third kappa shape index (κ3) is 4.25. The Kier molecular flexibility index (Phi) is 5.61. The van der Waals surface area contributed by atoms with Gasteiger partial charge in [0.15, 0.2) is 5.82 Å². The first-order chi connectivity index (χ1) is 14.5. The van der Waals surface area contributed by atoms with Crippen LogP contribution in [-0.4, -0.2) is 28.5 Å². The van der Waals surface area contributed by atoms with Gasteiger partial charge in [-0.25, -0.2) is 0 Å². The van der Waals surface area contributed by atoms with Crippen molar-refractivity contribution in [3.8, 4) is 11.5 Å². The van der Waals surface area contributed by atoms with Gasteiger partial charge in [-0.15, -0.1) is 0 Å². The van der Waals surface area contributed by atoms with E-state index in [-0.39, 0.29) is 24.8 Å². The van der Waals surface area contributed by atoms with E-state index in [2.05, 4.69) is 29.3 Å². The van der Waals surface area contributed by atoms with Gasteiger partial charge in [0, 0.05) is 24.2 Å². The van der Waals surface area contributed by atoms with Crippen LogP contribution in [0.3, 0.4) is 0 Å². The van der Waals surface area contributed by atoms with Crippen LogP contribution in [0.1, 0.15) is 37.6 Å². The van der Waals surface area contributed by atoms with Crippen molar-refractivity contribution in [2.45, 2.75) is 32.7 Å². The molecular weight excluding hydrogens is 380 g/mol. The number of amides is 2. The average Bonchev–Trinajstić information content (AvgIpc) is 3.39. The van der Waals surface area contributed by atoms with Crippen molar-refractivity contribution in [2.75, 3.05) is 11.4 Å². The summed E-state index contributed by atoms with van der Waals surface area (Å²) in [7, 11) is 0. The summed E-state index contributed by atoms with van der Waals surface area (Å²) in [4.78, 5) is 31.0. The van der Waals surface area contributed by atoms with Gasteiger partial charge in [0.25, 0.3) is 5.89 Å². The molecule has 1 atom stereocenters. The van der Waals surface area contributed by atoms with E-state index in [0.717, 1.165) is 11.3 Å². The van der Waals surface area contributed by atoms with Crippen LogP contribution in [0.2, 0.25) is 0 Å². The van der Waals surface area contributed by atoms with Crippen LogP contribution in [0.5, 0.6) is 0 Å². The fourth-order valence-corrected chi connectivity index (χ4v) is 3.51. The number of carbonyl (C=O) groups is 2. The summed E-state index contributed by atoms with van der Waals surface area (Å²) in [5.74, 6) is 0.607. The van der Waals surface area contributed by atoms with E-state index in [1.54, 1.807) is 4.90 Å². The highest BCUT2D eigenvalue weighted by Gasteiger charge is 2.35. The van der Waals surface area contributed by atoms with Crippen LogP contribution in [0, 0.1) is 5.92 Å². The number of benzene rings is 2. The molecule has 0 aliphatic carbocycles. The first kappa shape index (κ1) is 19.8. The minimum Gasteiger partial charge on any atom is -0.348 e. The summed E-state index contributed by atoms with van der Waals surface area (Å²) in [6.07, 6.45) is 0.194. The van der Waals surface area contributed by atoms with Crippen LogP contribution in [0.4, 0.5) is 5.69 Å². The van der Waals surface area contributed by atoms with E-state index < -0.39 is 5.92 Å². The Morgan fingerprint density at radius 1 is 1.17 bits per heavy atom. The summed E-state index contributed by atoms with van der Waals surface area (Å²) in [5.41, 5.74) is 2.86. The van der Waals surface area contributed by atoms with Gasteiger partial charge in [0.1, 0.15) is 0 Å². The zero-order valence-corrected chi connectivity index (χ0v) is 17.0. The lowest BCUT2D eigenvalue weighted by Gasteiger charge is -2.17. The van der Waals surface area contributed by atoms with Crippen molar-refractivity contribution in [2.24, 2.45) is 5.92 Å². The Balaban J connectivity index is 1.34. The average molecular weight is 404 g/mol. The fourth-order valence-electron chi connectivity index (χ4n) is 3.51. The third-order valence-corrected chi connectivity index (χ3v) is 5.28. The van der Waals surface area contributed by atoms with Crippen molar-refractivity contribution < 1.29 is 14.1 Å². The SMILES string of the molecule is CC(C)c1ccc(N2CC(C(=O)NCc3noc(-c4ccccc4)n3)CC2=O)cc1. The number of nitrogens with zero attached hydrogens (tertiary/aromatic N) is 3. The second-order valence-electron chi connectivity index (χ2n) is 7.75. The number of anilines is 1. The van der Waals surface area contributed by atoms with Gasteiger partial charge in [-0.2, -0.15) is 4.98 Å². The fraction of sp³-hybridized carbons (Fsp3) is 0.304. The predicted molar refractivity (Wildman–Crippen MR) is 113 cm³/mol. The molecule has 2 aromatic carbocycles. The van der Waals surface area contributed by atoms with E-state index in [1.165, 1.54) is 5.56 Å². The number of carbonyl (C=O) groups excluding carboxylic acids is 2. The van der Waals surface area contributed by atoms with E-state index in [0.29, 0.717) is 24.2 Å². The second-order valence-corrected chi connectivity index (χ2v) is 7.75. The van der Waals surface area contributed by atoms with Gasteiger partial charge in [0.2, 0.25) is 11.8 Å². The predicted octanol–water partition coefficient (Wildman–Crippen LogP) is 3.53. The van der Waals surface area contributed by atoms with E-state index in [4.69, 9.17) is 4.52 Å². The monoisotopic (exact) mass is 404 g/mol. The maximum absolute atomic E-state index is 12.6. The molecule has 7 heteroatoms. The lowest BCUT2D eigenvalue weighted by atomic mass is 10.0. The highest BCUT2D eigenvalue weighted by Crippen LogP contribution is 2.27. The molecule has 2 amide bonds. The highest BCUT2D eigenvalue weighted by atomic mass is 16.5. The topological polar surface area (TPSA) is 88.3 Å². The molecular formula is C23H24N4O3. The zero-order valence-electron chi connectivity index (χ0n) is 17.0. The molecule has 1 unspecified atom stereocenters. The maximum atomic E-state index is 12.6. The molecule has 30 heavy (non-hydrogen) atoms. The summed E-state index contributed by atoms with van der Waals surface area (Å²) >= 11 is 0. The van der Waals surface area contributed by atoms with Crippen molar-refractivity contribution in [1.82, 2.24) is 15.5 Å². The molecule has 1 aromatic heterocycles. The molecule has 0 spiro atoms. The van der Waals surface area contributed by atoms with Gasteiger partial charge in [0.05, 0.1) is 12.5 Å². The number of rotatable bonds is 6. The lowest BCUT2D eigenvalue weighted by Crippen LogP contribution is -2.32. The zero-order chi connectivity index (χ0) is 21.1. The Labute approximate surface area is 175 Å². The molecule has 4 rings (SSSR count). The van der Waals surface area contributed by atoms with Crippen LogP contribution >= 0.6 is 0 Å². The molecule has 0 radical (unpaired) electrons. The Bertz CT molecular complexity index is 1030. The van der Waals surface area contributed by atoms with Crippen LogP contribution in [-0.2, 0) is 16.1 Å². The number of aromatic nitrogens is 2. The van der Waals surface area contributed by atoms with Crippen LogP contribution in [0.25, 0.3) is 11.5 Å². The standard InChI is InChI=1S/C23H24N4O3/c1-15(2)16-8-10-19(11-9-16)27-14-18(12-21(27)28)22(29)24-13-20-25-23(30-26-20)17-6-4-3-5-7-17/h3-11,15,18H,12-14H2,1-2H3,(H,24,29). The number of hydrogen-bond donors (Lipinski definition) is 1. The Morgan fingerprint density at radius 2 is 1.90 bits per heavy atom. The molecule has 2 heterocycles. The summed E-state index contributed by atoms with van der Waals surface area (Å²) in [6.45, 7) is 4.78. The smallest absolute Gasteiger partial charge is 0.257 e. The molecule has 1 N–H and O–H groups in total. The van der Waals surface area contributed by atoms with E-state index in [9.17, 15) is 9.59 Å². The Hall–Kier alpha value is -3.48. The second kappa shape index (κ2) is 8.49. The van der Waals surface area contributed by atoms with Gasteiger partial charge < -0.3 is 14.7 Å². The van der Waals surface area contributed by atoms with Crippen LogP contribution < -0.4 is 10.2 Å². The van der Waals surface area contributed by atoms with Crippen molar-refractivity contribution >= 4 is 17.5 Å². The van der Waals surface area contributed by atoms with E-state index in [1.807, 2.05) is 54.6 Å². The molecule has 154 valence electrons. The third-order valence-electron chi connectivity index (χ3n) is 5.28. The highest BCUT2D eigenvalue weighted by molar-refractivity contribution is 6.00. The minimum atomic E-state index is -0.400. The Morgan fingerprint density at radius 3 is 2.60 bits per heavy atom. The molecule has 1 fully saturated rings. The number of nitrogens with one attached hydrogen (secondary N) is 1. The largest absolute Gasteiger partial charge is 0.348 e. The molecule has 1 aliphatic rings. The summed E-state index contributed by atoms with van der Waals surface area (Å²) < 4.78 is 5.25. The van der Waals surface area contributed by atoms with Gasteiger partial charge >= 0.3 is 0 Å². The summed E-state index contributed by atoms with van der Waals surface area (Å²) in [6, 6.07) is 17.4. The van der Waals surface area contributed by atoms with Gasteiger partial charge in [-0.1, -0.05) is 49.3 Å². The van der Waals surface area contributed by atoms with Gasteiger partial charge in [-0.05, 0) is 35.7 Å². The minimum absolute atomic E-state index is 0.0432. The number of hydrogen-bond acceptors (Lipinski definition) is 5. The molecule has 1 saturated heterocycles. The van der Waals surface area contributed by atoms with Crippen molar-refractivity contribution in [1.29, 1.82) is 0 Å². The first-order valence-corrected chi connectivity index (χ1v) is 10.1. The molecule has 1 aliphatic heterocycles. The van der Waals surface area contributed by atoms with Crippen LogP contribution in [0.15, 0.2) is 59.1 Å². The van der Waals surface area contributed by atoms with E-state index >= 15 is 0 Å². The van der Waals surface area contributed by atoms with Crippen molar-refractivity contribution in [3.05, 3.63) is 66.0 Å². The molecule has 3 aromatic rings. The normalized spacial score (nSPS) is 16.3. The molecule has 0 saturated carbocycles. The molecule has 0 bridgehead atoms. The maximum Gasteiger partial charge on any atom is 0.257 e. The lowest BCUT2D eigenvalue weighted by molar-refractivity contribution is -0.126. The quantitative estimate of drug-likeness (QED) is 0.679. The molecule has 7 nitrogen and oxygen atoms in total. The van der Waals surface area contributed by atoms with Gasteiger partial charge in [-0.3, -0.25) is 9.59 Å². The first-order valence-electron chi connectivity index (χ1n) is 10.1.